The van der Waals surface area contributed by atoms with Crippen LogP contribution in [-0.2, 0) is 18.4 Å². The van der Waals surface area contributed by atoms with Crippen molar-refractivity contribution < 1.29 is 22.9 Å². The number of nitrogens with one attached hydrogen (secondary N) is 1. The third-order valence-corrected chi connectivity index (χ3v) is 2.67. The molecule has 100 valence electrons. The summed E-state index contributed by atoms with van der Waals surface area (Å²) in [7, 11) is 3.61. The van der Waals surface area contributed by atoms with E-state index in [1.807, 2.05) is 21.1 Å². The van der Waals surface area contributed by atoms with Crippen molar-refractivity contribution >= 4 is 14.2 Å². The topological polar surface area (TPSA) is 64.6 Å². The van der Waals surface area contributed by atoms with E-state index in [0.29, 0.717) is 13.2 Å². The second-order valence-corrected chi connectivity index (χ2v) is 5.53. The molecule has 0 aromatic carbocycles. The molecule has 0 bridgehead atoms. The van der Waals surface area contributed by atoms with E-state index >= 15 is 0 Å². The lowest BCUT2D eigenvalue weighted by atomic mass is 10.5. The summed E-state index contributed by atoms with van der Waals surface area (Å²) >= 11 is 0. The standard InChI is InChI=1S/C10H21N2O4P/c1-5-10(13)11-6-8-15-17(14)16-9-7-12(2,3)4/h5,17H,1,6-9H2,2-4H3/p+1. The normalized spacial score (nSPS) is 13.1. The molecule has 0 saturated carbocycles. The summed E-state index contributed by atoms with van der Waals surface area (Å²) in [6.07, 6.45) is 1.17. The number of nitrogens with zero attached hydrogens (tertiary/aromatic N) is 1. The van der Waals surface area contributed by atoms with Gasteiger partial charge in [0.2, 0.25) is 5.91 Å². The third-order valence-electron chi connectivity index (χ3n) is 1.79. The van der Waals surface area contributed by atoms with Gasteiger partial charge in [0.05, 0.1) is 27.7 Å². The molecule has 1 N–H and O–H groups in total. The molecule has 0 aliphatic heterocycles. The van der Waals surface area contributed by atoms with Gasteiger partial charge in [0.1, 0.15) is 13.2 Å². The smallest absolute Gasteiger partial charge is 0.319 e. The van der Waals surface area contributed by atoms with Gasteiger partial charge in [0.25, 0.3) is 0 Å². The maximum absolute atomic E-state index is 11.2. The van der Waals surface area contributed by atoms with E-state index in [-0.39, 0.29) is 12.5 Å². The summed E-state index contributed by atoms with van der Waals surface area (Å²) in [6, 6.07) is 0. The van der Waals surface area contributed by atoms with Gasteiger partial charge in [-0.1, -0.05) is 6.58 Å². The molecule has 6 nitrogen and oxygen atoms in total. The Morgan fingerprint density at radius 1 is 1.35 bits per heavy atom. The first-order chi connectivity index (χ1) is 7.85. The molecule has 0 aromatic heterocycles. The Morgan fingerprint density at radius 3 is 2.47 bits per heavy atom. The Labute approximate surface area is 103 Å². The highest BCUT2D eigenvalue weighted by Gasteiger charge is 2.08. The van der Waals surface area contributed by atoms with Gasteiger partial charge in [-0.05, 0) is 6.08 Å². The molecule has 7 heteroatoms. The van der Waals surface area contributed by atoms with Gasteiger partial charge in [0, 0.05) is 6.54 Å². The van der Waals surface area contributed by atoms with Crippen LogP contribution in [0, 0.1) is 0 Å². The van der Waals surface area contributed by atoms with Gasteiger partial charge >= 0.3 is 8.25 Å². The van der Waals surface area contributed by atoms with Crippen LogP contribution in [0.1, 0.15) is 0 Å². The summed E-state index contributed by atoms with van der Waals surface area (Å²) in [6.45, 7) is 4.91. The monoisotopic (exact) mass is 265 g/mol. The first kappa shape index (κ1) is 16.3. The summed E-state index contributed by atoms with van der Waals surface area (Å²) in [5.41, 5.74) is 0. The largest absolute Gasteiger partial charge is 0.350 e. The minimum absolute atomic E-state index is 0.168. The average molecular weight is 265 g/mol. The number of amides is 1. The number of carbonyl (C=O) groups excluding carboxylic acids is 1. The second-order valence-electron chi connectivity index (χ2n) is 4.46. The maximum atomic E-state index is 11.2. The molecule has 0 aliphatic carbocycles. The van der Waals surface area contributed by atoms with Crippen molar-refractivity contribution in [2.75, 3.05) is 47.4 Å². The van der Waals surface area contributed by atoms with Crippen LogP contribution >= 0.6 is 8.25 Å². The number of rotatable bonds is 9. The third kappa shape index (κ3) is 11.6. The minimum Gasteiger partial charge on any atom is -0.350 e. The van der Waals surface area contributed by atoms with Gasteiger partial charge in [-0.25, -0.2) is 0 Å². The van der Waals surface area contributed by atoms with Crippen molar-refractivity contribution in [3.63, 3.8) is 0 Å². The molecule has 0 heterocycles. The van der Waals surface area contributed by atoms with Crippen molar-refractivity contribution in [3.05, 3.63) is 12.7 Å². The van der Waals surface area contributed by atoms with E-state index in [1.165, 1.54) is 6.08 Å². The zero-order valence-corrected chi connectivity index (χ0v) is 11.7. The van der Waals surface area contributed by atoms with E-state index in [1.54, 1.807) is 0 Å². The number of carbonyl (C=O) groups is 1. The van der Waals surface area contributed by atoms with Crippen LogP contribution in [-0.4, -0.2) is 57.8 Å². The van der Waals surface area contributed by atoms with Crippen molar-refractivity contribution in [3.8, 4) is 0 Å². The van der Waals surface area contributed by atoms with Gasteiger partial charge in [-0.15, -0.1) is 0 Å². The van der Waals surface area contributed by atoms with E-state index in [4.69, 9.17) is 9.05 Å². The number of quaternary nitrogens is 1. The van der Waals surface area contributed by atoms with E-state index in [0.717, 1.165) is 11.0 Å². The van der Waals surface area contributed by atoms with E-state index in [9.17, 15) is 9.36 Å². The maximum Gasteiger partial charge on any atom is 0.319 e. The molecule has 0 rings (SSSR count). The van der Waals surface area contributed by atoms with Gasteiger partial charge in [0.15, 0.2) is 0 Å². The van der Waals surface area contributed by atoms with Crippen LogP contribution in [0.2, 0.25) is 0 Å². The average Bonchev–Trinajstić information content (AvgIpc) is 2.22. The van der Waals surface area contributed by atoms with Gasteiger partial charge in [-0.3, -0.25) is 9.36 Å². The fourth-order valence-electron chi connectivity index (χ4n) is 0.825. The molecule has 0 aromatic rings. The molecule has 0 spiro atoms. The highest BCUT2D eigenvalue weighted by molar-refractivity contribution is 7.33. The SMILES string of the molecule is C=CC(=O)NCCO[PH](=O)OCC[N+](C)(C)C. The zero-order valence-electron chi connectivity index (χ0n) is 10.7. The highest BCUT2D eigenvalue weighted by atomic mass is 31.1. The minimum atomic E-state index is -2.45. The molecule has 0 fully saturated rings. The highest BCUT2D eigenvalue weighted by Crippen LogP contribution is 2.22. The van der Waals surface area contributed by atoms with Crippen molar-refractivity contribution in [2.45, 2.75) is 0 Å². The van der Waals surface area contributed by atoms with Crippen LogP contribution in [0.15, 0.2) is 12.7 Å². The molecular formula is C10H22N2O4P+. The van der Waals surface area contributed by atoms with Crippen LogP contribution < -0.4 is 5.32 Å². The Hall–Kier alpha value is -0.680. The van der Waals surface area contributed by atoms with Gasteiger partial charge < -0.3 is 18.8 Å². The molecule has 0 saturated heterocycles. The summed E-state index contributed by atoms with van der Waals surface area (Å²) < 4.78 is 21.9. The Kier molecular flexibility index (Phi) is 8.08. The van der Waals surface area contributed by atoms with Crippen LogP contribution in [0.4, 0.5) is 0 Å². The Morgan fingerprint density at radius 2 is 1.94 bits per heavy atom. The predicted molar refractivity (Wildman–Crippen MR) is 67.0 cm³/mol. The first-order valence-electron chi connectivity index (χ1n) is 5.35. The van der Waals surface area contributed by atoms with Gasteiger partial charge in [-0.2, -0.15) is 0 Å². The first-order valence-corrected chi connectivity index (χ1v) is 6.58. The summed E-state index contributed by atoms with van der Waals surface area (Å²) in [4.78, 5) is 10.8. The molecule has 1 atom stereocenters. The lowest BCUT2D eigenvalue weighted by molar-refractivity contribution is -0.870. The van der Waals surface area contributed by atoms with Crippen molar-refractivity contribution in [2.24, 2.45) is 0 Å². The quantitative estimate of drug-likeness (QED) is 0.284. The number of hydrogen-bond donors (Lipinski definition) is 1. The van der Waals surface area contributed by atoms with Crippen LogP contribution in [0.5, 0.6) is 0 Å². The zero-order chi connectivity index (χ0) is 13.3. The Bertz CT molecular complexity index is 276. The number of hydrogen-bond acceptors (Lipinski definition) is 4. The summed E-state index contributed by atoms with van der Waals surface area (Å²) in [5, 5.41) is 2.50. The summed E-state index contributed by atoms with van der Waals surface area (Å²) in [5.74, 6) is -0.278. The van der Waals surface area contributed by atoms with Crippen molar-refractivity contribution in [1.29, 1.82) is 0 Å². The molecule has 1 unspecified atom stereocenters. The lowest BCUT2D eigenvalue weighted by Crippen LogP contribution is -2.37. The molecular weight excluding hydrogens is 243 g/mol. The van der Waals surface area contributed by atoms with E-state index < -0.39 is 8.25 Å². The Balaban J connectivity index is 3.47. The van der Waals surface area contributed by atoms with E-state index in [2.05, 4.69) is 11.9 Å². The lowest BCUT2D eigenvalue weighted by Gasteiger charge is -2.23. The fourth-order valence-corrected chi connectivity index (χ4v) is 1.44. The van der Waals surface area contributed by atoms with Crippen molar-refractivity contribution in [1.82, 2.24) is 5.32 Å². The molecule has 0 radical (unpaired) electrons. The second kappa shape index (κ2) is 8.42. The number of likely N-dealkylation sites (N-methyl/N-ethyl adjacent to an activating group) is 1. The molecule has 0 aliphatic rings. The predicted octanol–water partition coefficient (Wildman–Crippen LogP) is 0.418. The van der Waals surface area contributed by atoms with Crippen LogP contribution in [0.3, 0.4) is 0 Å². The van der Waals surface area contributed by atoms with Crippen LogP contribution in [0.25, 0.3) is 0 Å². The fraction of sp³-hybridized carbons (Fsp3) is 0.700. The molecule has 17 heavy (non-hydrogen) atoms. The molecule has 1 amide bonds.